The molecule has 2 N–H and O–H groups in total. The molecule has 80 valence electrons. The fraction of sp³-hybridized carbons (Fsp3) is 1.00. The van der Waals surface area contributed by atoms with Gasteiger partial charge >= 0.3 is 0 Å². The van der Waals surface area contributed by atoms with Gasteiger partial charge in [0.05, 0.1) is 5.60 Å². The topological polar surface area (TPSA) is 35.2 Å². The first kappa shape index (κ1) is 12.9. The van der Waals surface area contributed by atoms with E-state index >= 15 is 0 Å². The average molecular weight is 187 g/mol. The Morgan fingerprint density at radius 2 is 1.92 bits per heavy atom. The third-order valence-corrected chi connectivity index (χ3v) is 2.83. The van der Waals surface area contributed by atoms with Crippen LogP contribution in [-0.2, 0) is 4.74 Å². The number of hydrogen-bond acceptors (Lipinski definition) is 2. The third kappa shape index (κ3) is 4.10. The number of unbranched alkanes of at least 4 members (excludes halogenated alkanes) is 1. The molecule has 0 saturated carbocycles. The fourth-order valence-corrected chi connectivity index (χ4v) is 1.53. The van der Waals surface area contributed by atoms with Crippen molar-refractivity contribution in [3.8, 4) is 0 Å². The molecule has 2 heteroatoms. The van der Waals surface area contributed by atoms with E-state index in [0.29, 0.717) is 0 Å². The second-order valence-electron chi connectivity index (χ2n) is 3.85. The molecule has 0 saturated heterocycles. The minimum Gasteiger partial charge on any atom is -0.374 e. The zero-order valence-electron chi connectivity index (χ0n) is 9.60. The zero-order chi connectivity index (χ0) is 10.3. The van der Waals surface area contributed by atoms with Crippen LogP contribution in [0.5, 0.6) is 0 Å². The lowest BCUT2D eigenvalue weighted by atomic mass is 9.90. The molecule has 0 aliphatic heterocycles. The maximum Gasteiger partial charge on any atom is 0.0801 e. The van der Waals surface area contributed by atoms with Gasteiger partial charge in [-0.1, -0.05) is 26.7 Å². The van der Waals surface area contributed by atoms with E-state index in [1.165, 1.54) is 12.8 Å². The molecule has 2 nitrogen and oxygen atoms in total. The molecule has 2 unspecified atom stereocenters. The molecule has 0 fully saturated rings. The Bertz CT molecular complexity index is 127. The molecule has 0 radical (unpaired) electrons. The number of nitrogens with two attached hydrogens (primary N) is 1. The van der Waals surface area contributed by atoms with E-state index in [1.807, 2.05) is 6.92 Å². The Labute approximate surface area is 82.8 Å². The normalized spacial score (nSPS) is 18.2. The van der Waals surface area contributed by atoms with Gasteiger partial charge in [0.2, 0.25) is 0 Å². The smallest absolute Gasteiger partial charge is 0.0801 e. The van der Waals surface area contributed by atoms with Crippen molar-refractivity contribution in [2.24, 2.45) is 5.73 Å². The summed E-state index contributed by atoms with van der Waals surface area (Å²) in [6.07, 6.45) is 4.47. The Morgan fingerprint density at radius 1 is 1.31 bits per heavy atom. The minimum absolute atomic E-state index is 0.121. The third-order valence-electron chi connectivity index (χ3n) is 2.83. The monoisotopic (exact) mass is 187 g/mol. The van der Waals surface area contributed by atoms with Gasteiger partial charge < -0.3 is 10.5 Å². The van der Waals surface area contributed by atoms with Gasteiger partial charge in [0.25, 0.3) is 0 Å². The van der Waals surface area contributed by atoms with E-state index in [0.717, 1.165) is 19.4 Å². The Balaban J connectivity index is 4.03. The zero-order valence-corrected chi connectivity index (χ0v) is 9.60. The van der Waals surface area contributed by atoms with E-state index < -0.39 is 0 Å². The van der Waals surface area contributed by atoms with Crippen LogP contribution in [0.2, 0.25) is 0 Å². The summed E-state index contributed by atoms with van der Waals surface area (Å²) in [4.78, 5) is 0. The minimum atomic E-state index is -0.121. The van der Waals surface area contributed by atoms with Crippen LogP contribution in [0.15, 0.2) is 0 Å². The van der Waals surface area contributed by atoms with Gasteiger partial charge in [-0.25, -0.2) is 0 Å². The average Bonchev–Trinajstić information content (AvgIpc) is 2.14. The highest BCUT2D eigenvalue weighted by Gasteiger charge is 2.29. The molecule has 0 spiro atoms. The molecule has 0 aromatic rings. The van der Waals surface area contributed by atoms with Crippen LogP contribution >= 0.6 is 0 Å². The molecule has 0 aliphatic carbocycles. The van der Waals surface area contributed by atoms with E-state index in [9.17, 15) is 0 Å². The quantitative estimate of drug-likeness (QED) is 0.665. The van der Waals surface area contributed by atoms with Crippen molar-refractivity contribution in [1.29, 1.82) is 0 Å². The first-order valence-corrected chi connectivity index (χ1v) is 5.50. The van der Waals surface area contributed by atoms with Crippen LogP contribution in [0.3, 0.4) is 0 Å². The summed E-state index contributed by atoms with van der Waals surface area (Å²) in [5.41, 5.74) is 5.99. The summed E-state index contributed by atoms with van der Waals surface area (Å²) in [5.74, 6) is 0. The second-order valence-corrected chi connectivity index (χ2v) is 3.85. The standard InChI is InChI=1S/C11H25NO/c1-5-8-9-10(12)11(4,6-2)13-7-3/h10H,5-9,12H2,1-4H3. The first-order valence-electron chi connectivity index (χ1n) is 5.50. The summed E-state index contributed by atoms with van der Waals surface area (Å²) in [7, 11) is 0. The molecular formula is C11H25NO. The van der Waals surface area contributed by atoms with Crippen LogP contribution in [0, 0.1) is 0 Å². The molecule has 0 heterocycles. The Hall–Kier alpha value is -0.0800. The number of rotatable bonds is 7. The van der Waals surface area contributed by atoms with E-state index in [4.69, 9.17) is 10.5 Å². The van der Waals surface area contributed by atoms with Gasteiger partial charge in [0, 0.05) is 12.6 Å². The fourth-order valence-electron chi connectivity index (χ4n) is 1.53. The molecule has 0 aromatic heterocycles. The van der Waals surface area contributed by atoms with Crippen molar-refractivity contribution in [2.75, 3.05) is 6.61 Å². The van der Waals surface area contributed by atoms with Gasteiger partial charge in [0.1, 0.15) is 0 Å². The van der Waals surface area contributed by atoms with Gasteiger partial charge in [-0.3, -0.25) is 0 Å². The van der Waals surface area contributed by atoms with Crippen molar-refractivity contribution in [2.45, 2.75) is 65.0 Å². The van der Waals surface area contributed by atoms with Gasteiger partial charge in [-0.15, -0.1) is 0 Å². The maximum absolute atomic E-state index is 6.11. The second kappa shape index (κ2) is 6.39. The lowest BCUT2D eigenvalue weighted by Gasteiger charge is -2.34. The van der Waals surface area contributed by atoms with Crippen molar-refractivity contribution in [1.82, 2.24) is 0 Å². The van der Waals surface area contributed by atoms with Crippen molar-refractivity contribution in [3.63, 3.8) is 0 Å². The van der Waals surface area contributed by atoms with Crippen LogP contribution in [-0.4, -0.2) is 18.2 Å². The van der Waals surface area contributed by atoms with Crippen molar-refractivity contribution >= 4 is 0 Å². The van der Waals surface area contributed by atoms with Crippen LogP contribution in [0.25, 0.3) is 0 Å². The summed E-state index contributed by atoms with van der Waals surface area (Å²) < 4.78 is 5.71. The lowest BCUT2D eigenvalue weighted by Crippen LogP contribution is -2.47. The molecule has 0 amide bonds. The highest BCUT2D eigenvalue weighted by Crippen LogP contribution is 2.22. The predicted molar refractivity (Wildman–Crippen MR) is 57.8 cm³/mol. The number of ether oxygens (including phenoxy) is 1. The molecular weight excluding hydrogens is 162 g/mol. The highest BCUT2D eigenvalue weighted by molar-refractivity contribution is 4.85. The molecule has 0 rings (SSSR count). The highest BCUT2D eigenvalue weighted by atomic mass is 16.5. The molecule has 0 aliphatic rings. The van der Waals surface area contributed by atoms with Crippen molar-refractivity contribution < 1.29 is 4.74 Å². The van der Waals surface area contributed by atoms with Crippen LogP contribution in [0.4, 0.5) is 0 Å². The SMILES string of the molecule is CCCCC(N)C(C)(CC)OCC. The van der Waals surface area contributed by atoms with Crippen molar-refractivity contribution in [3.05, 3.63) is 0 Å². The summed E-state index contributed by atoms with van der Waals surface area (Å²) in [5, 5.41) is 0. The summed E-state index contributed by atoms with van der Waals surface area (Å²) in [6.45, 7) is 9.24. The van der Waals surface area contributed by atoms with Gasteiger partial charge in [-0.05, 0) is 26.7 Å². The number of hydrogen-bond donors (Lipinski definition) is 1. The maximum atomic E-state index is 6.11. The van der Waals surface area contributed by atoms with E-state index in [2.05, 4.69) is 20.8 Å². The Kier molecular flexibility index (Phi) is 6.35. The molecule has 0 aromatic carbocycles. The van der Waals surface area contributed by atoms with Gasteiger partial charge in [0.15, 0.2) is 0 Å². The molecule has 0 bridgehead atoms. The predicted octanol–water partition coefficient (Wildman–Crippen LogP) is 2.71. The van der Waals surface area contributed by atoms with E-state index in [1.54, 1.807) is 0 Å². The lowest BCUT2D eigenvalue weighted by molar-refractivity contribution is -0.0482. The molecule has 2 atom stereocenters. The van der Waals surface area contributed by atoms with Gasteiger partial charge in [-0.2, -0.15) is 0 Å². The molecule has 13 heavy (non-hydrogen) atoms. The first-order chi connectivity index (χ1) is 6.10. The van der Waals surface area contributed by atoms with Crippen LogP contribution in [0.1, 0.15) is 53.4 Å². The largest absolute Gasteiger partial charge is 0.374 e. The summed E-state index contributed by atoms with van der Waals surface area (Å²) in [6, 6.07) is 0.178. The van der Waals surface area contributed by atoms with E-state index in [-0.39, 0.29) is 11.6 Å². The van der Waals surface area contributed by atoms with Crippen LogP contribution < -0.4 is 5.73 Å². The summed E-state index contributed by atoms with van der Waals surface area (Å²) >= 11 is 0. The Morgan fingerprint density at radius 3 is 2.31 bits per heavy atom.